The van der Waals surface area contributed by atoms with Gasteiger partial charge in [-0.2, -0.15) is 0 Å². The molecule has 1 amide bonds. The van der Waals surface area contributed by atoms with Crippen LogP contribution in [0.5, 0.6) is 0 Å². The number of allylic oxidation sites excluding steroid dienone is 4. The number of ketones is 1. The van der Waals surface area contributed by atoms with E-state index in [0.29, 0.717) is 18.1 Å². The van der Waals surface area contributed by atoms with Crippen molar-refractivity contribution in [3.8, 4) is 0 Å². The van der Waals surface area contributed by atoms with Crippen molar-refractivity contribution >= 4 is 45.5 Å². The number of fused-ring (bicyclic) bond motifs is 1. The lowest BCUT2D eigenvalue weighted by molar-refractivity contribution is -0.118. The Hall–Kier alpha value is -3.84. The van der Waals surface area contributed by atoms with Gasteiger partial charge in [-0.1, -0.05) is 38.1 Å². The molecule has 4 N–H and O–H groups in total. The molecule has 0 spiro atoms. The molecule has 0 saturated heterocycles. The quantitative estimate of drug-likeness (QED) is 0.516. The van der Waals surface area contributed by atoms with Gasteiger partial charge in [-0.05, 0) is 54.3 Å². The first-order valence-corrected chi connectivity index (χ1v) is 10.9. The van der Waals surface area contributed by atoms with Gasteiger partial charge in [0.25, 0.3) is 0 Å². The molecule has 7 heteroatoms. The van der Waals surface area contributed by atoms with Gasteiger partial charge in [0, 0.05) is 35.0 Å². The summed E-state index contributed by atoms with van der Waals surface area (Å²) in [7, 11) is 0. The molecule has 0 saturated carbocycles. The molecule has 1 aliphatic rings. The Kier molecular flexibility index (Phi) is 6.33. The van der Waals surface area contributed by atoms with E-state index in [2.05, 4.69) is 20.6 Å². The molecule has 1 atom stereocenters. The smallest absolute Gasteiger partial charge is 0.241 e. The van der Waals surface area contributed by atoms with Crippen molar-refractivity contribution in [3.05, 3.63) is 72.0 Å². The average molecular weight is 442 g/mol. The van der Waals surface area contributed by atoms with Crippen LogP contribution in [-0.4, -0.2) is 27.7 Å². The van der Waals surface area contributed by atoms with E-state index in [9.17, 15) is 9.59 Å². The third kappa shape index (κ3) is 4.99. The zero-order valence-electron chi connectivity index (χ0n) is 18.9. The molecule has 1 aliphatic carbocycles. The summed E-state index contributed by atoms with van der Waals surface area (Å²) in [5.41, 5.74) is 10.7. The van der Waals surface area contributed by atoms with E-state index in [1.807, 2.05) is 63.3 Å². The number of nitrogens with one attached hydrogen (secondary N) is 2. The topological polar surface area (TPSA) is 110 Å². The monoisotopic (exact) mass is 441 g/mol. The molecular formula is C26H27N5O2. The van der Waals surface area contributed by atoms with Crippen LogP contribution in [-0.2, 0) is 9.59 Å². The largest absolute Gasteiger partial charge is 0.325 e. The summed E-state index contributed by atoms with van der Waals surface area (Å²) >= 11 is 0. The number of nitrogens with two attached hydrogens (primary N) is 1. The number of carbonyl (C=O) groups is 2. The number of anilines is 3. The maximum atomic E-state index is 12.4. The predicted octanol–water partition coefficient (Wildman–Crippen LogP) is 4.60. The first-order valence-electron chi connectivity index (χ1n) is 10.9. The molecule has 7 nitrogen and oxygen atoms in total. The molecule has 0 radical (unpaired) electrons. The van der Waals surface area contributed by atoms with E-state index >= 15 is 0 Å². The van der Waals surface area contributed by atoms with Crippen molar-refractivity contribution in [1.82, 2.24) is 9.97 Å². The van der Waals surface area contributed by atoms with Crippen LogP contribution in [0.15, 0.2) is 66.4 Å². The van der Waals surface area contributed by atoms with Crippen LogP contribution >= 0.6 is 0 Å². The molecule has 0 unspecified atom stereocenters. The Morgan fingerprint density at radius 3 is 2.67 bits per heavy atom. The number of nitrogens with zero attached hydrogens (tertiary/aromatic N) is 2. The third-order valence-corrected chi connectivity index (χ3v) is 5.62. The fourth-order valence-electron chi connectivity index (χ4n) is 3.72. The van der Waals surface area contributed by atoms with Crippen molar-refractivity contribution < 1.29 is 9.59 Å². The normalized spacial score (nSPS) is 14.6. The van der Waals surface area contributed by atoms with Crippen molar-refractivity contribution in [1.29, 1.82) is 0 Å². The molecule has 3 aromatic rings. The fraction of sp³-hybridized carbons (Fsp3) is 0.231. The Morgan fingerprint density at radius 1 is 1.12 bits per heavy atom. The second kappa shape index (κ2) is 9.34. The molecule has 33 heavy (non-hydrogen) atoms. The van der Waals surface area contributed by atoms with Gasteiger partial charge in [0.2, 0.25) is 11.9 Å². The van der Waals surface area contributed by atoms with Gasteiger partial charge in [0.15, 0.2) is 5.78 Å². The van der Waals surface area contributed by atoms with Gasteiger partial charge in [-0.15, -0.1) is 0 Å². The molecule has 0 bridgehead atoms. The summed E-state index contributed by atoms with van der Waals surface area (Å²) in [6, 6.07) is 12.5. The average Bonchev–Trinajstić information content (AvgIpc) is 2.78. The van der Waals surface area contributed by atoms with Gasteiger partial charge >= 0.3 is 0 Å². The summed E-state index contributed by atoms with van der Waals surface area (Å²) in [5, 5.41) is 6.87. The zero-order chi connectivity index (χ0) is 23.5. The van der Waals surface area contributed by atoms with Crippen LogP contribution < -0.4 is 16.4 Å². The van der Waals surface area contributed by atoms with Crippen molar-refractivity contribution in [3.63, 3.8) is 0 Å². The van der Waals surface area contributed by atoms with E-state index in [-0.39, 0.29) is 17.6 Å². The highest BCUT2D eigenvalue weighted by molar-refractivity contribution is 6.23. The molecular weight excluding hydrogens is 414 g/mol. The summed E-state index contributed by atoms with van der Waals surface area (Å²) in [5.74, 6) is 0.377. The van der Waals surface area contributed by atoms with Gasteiger partial charge in [-0.3, -0.25) is 9.59 Å². The number of amides is 1. The predicted molar refractivity (Wildman–Crippen MR) is 132 cm³/mol. The second-order valence-corrected chi connectivity index (χ2v) is 8.52. The van der Waals surface area contributed by atoms with E-state index < -0.39 is 6.04 Å². The highest BCUT2D eigenvalue weighted by atomic mass is 16.2. The van der Waals surface area contributed by atoms with Crippen LogP contribution in [0.2, 0.25) is 0 Å². The molecule has 1 heterocycles. The minimum Gasteiger partial charge on any atom is -0.325 e. The number of hydrogen-bond acceptors (Lipinski definition) is 6. The van der Waals surface area contributed by atoms with Crippen LogP contribution in [0.25, 0.3) is 16.5 Å². The van der Waals surface area contributed by atoms with Crippen molar-refractivity contribution in [2.45, 2.75) is 33.2 Å². The first-order chi connectivity index (χ1) is 15.8. The zero-order valence-corrected chi connectivity index (χ0v) is 18.9. The van der Waals surface area contributed by atoms with Gasteiger partial charge in [0.05, 0.1) is 11.6 Å². The van der Waals surface area contributed by atoms with Gasteiger partial charge in [0.1, 0.15) is 0 Å². The Bertz CT molecular complexity index is 1290. The maximum absolute atomic E-state index is 12.4. The standard InChI is InChI=1S/C26H27N5O2/c1-15(2)24(27)25(33)29-19-7-5-8-20(13-19)30-26-28-14-18-12-17(10-11-21(18)31-26)23-16(3)6-4-9-22(23)32/h4-8,10-15,24H,9,27H2,1-3H3,(H,29,33)(H,28,30,31)/t24-/m0/s1. The molecule has 2 aromatic carbocycles. The number of Topliss-reactive ketones (excluding diaryl/α,β-unsaturated/α-hetero) is 1. The first kappa shape index (κ1) is 22.4. The maximum Gasteiger partial charge on any atom is 0.241 e. The third-order valence-electron chi connectivity index (χ3n) is 5.62. The Balaban J connectivity index is 1.54. The fourth-order valence-corrected chi connectivity index (χ4v) is 3.72. The second-order valence-electron chi connectivity index (χ2n) is 8.52. The van der Waals surface area contributed by atoms with Crippen LogP contribution in [0.4, 0.5) is 17.3 Å². The lowest BCUT2D eigenvalue weighted by atomic mass is 9.91. The van der Waals surface area contributed by atoms with E-state index in [4.69, 9.17) is 5.73 Å². The van der Waals surface area contributed by atoms with E-state index in [1.165, 1.54) is 0 Å². The Morgan fingerprint density at radius 2 is 1.91 bits per heavy atom. The number of rotatable bonds is 6. The summed E-state index contributed by atoms with van der Waals surface area (Å²) in [6.45, 7) is 5.76. The van der Waals surface area contributed by atoms with Crippen molar-refractivity contribution in [2.75, 3.05) is 10.6 Å². The molecule has 0 fully saturated rings. The molecule has 1 aromatic heterocycles. The van der Waals surface area contributed by atoms with Crippen LogP contribution in [0, 0.1) is 5.92 Å². The number of aromatic nitrogens is 2. The highest BCUT2D eigenvalue weighted by Gasteiger charge is 2.18. The van der Waals surface area contributed by atoms with E-state index in [0.717, 1.165) is 33.3 Å². The SMILES string of the molecule is CC1=C(c2ccc3nc(Nc4cccc(NC(=O)[C@@H](N)C(C)C)c4)ncc3c2)C(=O)CC=C1. The lowest BCUT2D eigenvalue weighted by Gasteiger charge is -2.16. The molecule has 4 rings (SSSR count). The Labute approximate surface area is 192 Å². The summed E-state index contributed by atoms with van der Waals surface area (Å²) in [6.07, 6.45) is 6.04. The van der Waals surface area contributed by atoms with Gasteiger partial charge in [-0.25, -0.2) is 9.97 Å². The summed E-state index contributed by atoms with van der Waals surface area (Å²) < 4.78 is 0. The van der Waals surface area contributed by atoms with Crippen LogP contribution in [0.1, 0.15) is 32.8 Å². The highest BCUT2D eigenvalue weighted by Crippen LogP contribution is 2.28. The van der Waals surface area contributed by atoms with Crippen LogP contribution in [0.3, 0.4) is 0 Å². The minimum absolute atomic E-state index is 0.0470. The number of carbonyl (C=O) groups excluding carboxylic acids is 2. The number of hydrogen-bond donors (Lipinski definition) is 3. The van der Waals surface area contributed by atoms with Crippen molar-refractivity contribution in [2.24, 2.45) is 11.7 Å². The minimum atomic E-state index is -0.574. The molecule has 168 valence electrons. The molecule has 0 aliphatic heterocycles. The van der Waals surface area contributed by atoms with Gasteiger partial charge < -0.3 is 16.4 Å². The lowest BCUT2D eigenvalue weighted by Crippen LogP contribution is -2.39. The number of benzene rings is 2. The summed E-state index contributed by atoms with van der Waals surface area (Å²) in [4.78, 5) is 33.6. The van der Waals surface area contributed by atoms with E-state index in [1.54, 1.807) is 18.3 Å².